The highest BCUT2D eigenvalue weighted by Gasteiger charge is 2.37. The molecular formula is C21H20N2O5. The molecule has 0 atom stereocenters. The maximum Gasteiger partial charge on any atom is 0.335 e. The Morgan fingerprint density at radius 2 is 1.71 bits per heavy atom. The molecule has 28 heavy (non-hydrogen) atoms. The molecule has 1 fully saturated rings. The summed E-state index contributed by atoms with van der Waals surface area (Å²) in [6.07, 6.45) is 1.39. The number of ether oxygens (including phenoxy) is 2. The average molecular weight is 380 g/mol. The standard InChI is InChI=1S/C21H20N2O5/c1-12-5-7-17(13(2)9-12)23-20(25)16(19(24)22-21(23)26)11-14-10-15(27-3)6-8-18(14)28-4/h5-11H,1-4H3,(H,22,24,26)/b16-11+. The van der Waals surface area contributed by atoms with Gasteiger partial charge in [0, 0.05) is 5.56 Å². The Morgan fingerprint density at radius 1 is 0.964 bits per heavy atom. The van der Waals surface area contributed by atoms with Crippen LogP contribution >= 0.6 is 0 Å². The average Bonchev–Trinajstić information content (AvgIpc) is 2.66. The molecule has 0 spiro atoms. The number of aryl methyl sites for hydroxylation is 2. The van der Waals surface area contributed by atoms with Crippen LogP contribution in [0.25, 0.3) is 6.08 Å². The fourth-order valence-electron chi connectivity index (χ4n) is 3.04. The van der Waals surface area contributed by atoms with Gasteiger partial charge in [-0.25, -0.2) is 9.69 Å². The molecule has 4 amide bonds. The Labute approximate surface area is 162 Å². The van der Waals surface area contributed by atoms with Crippen LogP contribution in [0, 0.1) is 13.8 Å². The molecule has 1 aliphatic rings. The molecule has 7 heteroatoms. The third-order valence-corrected chi connectivity index (χ3v) is 4.43. The third kappa shape index (κ3) is 3.46. The van der Waals surface area contributed by atoms with Gasteiger partial charge in [-0.2, -0.15) is 0 Å². The first kappa shape index (κ1) is 19.2. The van der Waals surface area contributed by atoms with Crippen molar-refractivity contribution in [3.8, 4) is 11.5 Å². The quantitative estimate of drug-likeness (QED) is 0.651. The van der Waals surface area contributed by atoms with E-state index in [-0.39, 0.29) is 5.57 Å². The van der Waals surface area contributed by atoms with Gasteiger partial charge in [0.05, 0.1) is 19.9 Å². The van der Waals surface area contributed by atoms with Gasteiger partial charge in [0.2, 0.25) is 0 Å². The topological polar surface area (TPSA) is 84.9 Å². The first-order chi connectivity index (χ1) is 13.3. The molecule has 2 aromatic carbocycles. The number of carbonyl (C=O) groups is 3. The number of rotatable bonds is 4. The zero-order valence-corrected chi connectivity index (χ0v) is 16.0. The van der Waals surface area contributed by atoms with Crippen LogP contribution in [0.2, 0.25) is 0 Å². The van der Waals surface area contributed by atoms with E-state index in [1.807, 2.05) is 13.0 Å². The lowest BCUT2D eigenvalue weighted by molar-refractivity contribution is -0.122. The lowest BCUT2D eigenvalue weighted by atomic mass is 10.0. The van der Waals surface area contributed by atoms with E-state index >= 15 is 0 Å². The number of hydrogen-bond acceptors (Lipinski definition) is 5. The fourth-order valence-corrected chi connectivity index (χ4v) is 3.04. The van der Waals surface area contributed by atoms with Gasteiger partial charge in [-0.3, -0.25) is 14.9 Å². The molecule has 144 valence electrons. The lowest BCUT2D eigenvalue weighted by Gasteiger charge is -2.27. The summed E-state index contributed by atoms with van der Waals surface area (Å²) in [5.74, 6) is -0.464. The van der Waals surface area contributed by atoms with Gasteiger partial charge >= 0.3 is 6.03 Å². The van der Waals surface area contributed by atoms with Crippen molar-refractivity contribution < 1.29 is 23.9 Å². The largest absolute Gasteiger partial charge is 0.497 e. The molecule has 1 N–H and O–H groups in total. The van der Waals surface area contributed by atoms with Gasteiger partial charge in [0.15, 0.2) is 0 Å². The number of anilines is 1. The van der Waals surface area contributed by atoms with Gasteiger partial charge in [0.1, 0.15) is 17.1 Å². The molecule has 0 radical (unpaired) electrons. The summed E-state index contributed by atoms with van der Waals surface area (Å²) < 4.78 is 10.5. The van der Waals surface area contributed by atoms with Crippen LogP contribution in [0.1, 0.15) is 16.7 Å². The second-order valence-electron chi connectivity index (χ2n) is 6.36. The summed E-state index contributed by atoms with van der Waals surface area (Å²) in [6.45, 7) is 3.71. The van der Waals surface area contributed by atoms with Crippen LogP contribution < -0.4 is 19.7 Å². The first-order valence-corrected chi connectivity index (χ1v) is 8.56. The molecule has 0 bridgehead atoms. The first-order valence-electron chi connectivity index (χ1n) is 8.56. The minimum absolute atomic E-state index is 0.175. The SMILES string of the molecule is COc1ccc(OC)c(/C=C2\C(=O)NC(=O)N(c3ccc(C)cc3C)C2=O)c1. The second-order valence-corrected chi connectivity index (χ2v) is 6.36. The summed E-state index contributed by atoms with van der Waals surface area (Å²) >= 11 is 0. The Morgan fingerprint density at radius 3 is 2.36 bits per heavy atom. The predicted molar refractivity (Wildman–Crippen MR) is 104 cm³/mol. The van der Waals surface area contributed by atoms with Crippen molar-refractivity contribution in [3.63, 3.8) is 0 Å². The smallest absolute Gasteiger partial charge is 0.335 e. The summed E-state index contributed by atoms with van der Waals surface area (Å²) in [5, 5.41) is 2.22. The van der Waals surface area contributed by atoms with Crippen molar-refractivity contribution in [2.24, 2.45) is 0 Å². The Balaban J connectivity index is 2.09. The Hall–Kier alpha value is -3.61. The molecule has 0 aromatic heterocycles. The van der Waals surface area contributed by atoms with Crippen LogP contribution in [0.5, 0.6) is 11.5 Å². The van der Waals surface area contributed by atoms with Gasteiger partial charge in [-0.1, -0.05) is 17.7 Å². The maximum absolute atomic E-state index is 13.0. The van der Waals surface area contributed by atoms with E-state index < -0.39 is 17.8 Å². The van der Waals surface area contributed by atoms with Crippen molar-refractivity contribution in [1.82, 2.24) is 5.32 Å². The molecule has 1 aliphatic heterocycles. The number of methoxy groups -OCH3 is 2. The van der Waals surface area contributed by atoms with Crippen LogP contribution in [0.15, 0.2) is 42.0 Å². The number of barbiturate groups is 1. The summed E-state index contributed by atoms with van der Waals surface area (Å²) in [4.78, 5) is 38.8. The number of carbonyl (C=O) groups excluding carboxylic acids is 3. The molecule has 0 aliphatic carbocycles. The molecule has 0 saturated carbocycles. The van der Waals surface area contributed by atoms with Gasteiger partial charge < -0.3 is 9.47 Å². The molecular weight excluding hydrogens is 360 g/mol. The molecule has 1 heterocycles. The number of hydrogen-bond donors (Lipinski definition) is 1. The summed E-state index contributed by atoms with van der Waals surface area (Å²) in [6, 6.07) is 9.58. The minimum Gasteiger partial charge on any atom is -0.497 e. The summed E-state index contributed by atoms with van der Waals surface area (Å²) in [7, 11) is 3.00. The maximum atomic E-state index is 13.0. The highest BCUT2D eigenvalue weighted by atomic mass is 16.5. The van der Waals surface area contributed by atoms with Gasteiger partial charge in [-0.15, -0.1) is 0 Å². The van der Waals surface area contributed by atoms with Crippen molar-refractivity contribution in [1.29, 1.82) is 0 Å². The van der Waals surface area contributed by atoms with E-state index in [0.717, 1.165) is 16.0 Å². The van der Waals surface area contributed by atoms with Crippen molar-refractivity contribution >= 4 is 29.6 Å². The predicted octanol–water partition coefficient (Wildman–Crippen LogP) is 2.99. The third-order valence-electron chi connectivity index (χ3n) is 4.43. The van der Waals surface area contributed by atoms with Crippen molar-refractivity contribution in [2.45, 2.75) is 13.8 Å². The Bertz CT molecular complexity index is 1010. The van der Waals surface area contributed by atoms with Crippen LogP contribution in [-0.2, 0) is 9.59 Å². The second kappa shape index (κ2) is 7.56. The normalized spacial score (nSPS) is 15.6. The number of urea groups is 1. The molecule has 0 unspecified atom stereocenters. The minimum atomic E-state index is -0.781. The Kier molecular flexibility index (Phi) is 5.17. The number of nitrogens with zero attached hydrogens (tertiary/aromatic N) is 1. The van der Waals surface area contributed by atoms with Gasteiger partial charge in [-0.05, 0) is 49.8 Å². The zero-order valence-electron chi connectivity index (χ0n) is 16.0. The van der Waals surface area contributed by atoms with Crippen LogP contribution in [-0.4, -0.2) is 32.1 Å². The van der Waals surface area contributed by atoms with Gasteiger partial charge in [0.25, 0.3) is 11.8 Å². The number of nitrogens with one attached hydrogen (secondary N) is 1. The molecule has 1 saturated heterocycles. The van der Waals surface area contributed by atoms with E-state index in [0.29, 0.717) is 22.7 Å². The monoisotopic (exact) mass is 380 g/mol. The van der Waals surface area contributed by atoms with Crippen molar-refractivity contribution in [3.05, 3.63) is 58.7 Å². The highest BCUT2D eigenvalue weighted by Crippen LogP contribution is 2.29. The fraction of sp³-hybridized carbons (Fsp3) is 0.190. The van der Waals surface area contributed by atoms with E-state index in [1.54, 1.807) is 37.3 Å². The van der Waals surface area contributed by atoms with Crippen LogP contribution in [0.4, 0.5) is 10.5 Å². The zero-order chi connectivity index (χ0) is 20.4. The molecule has 3 rings (SSSR count). The highest BCUT2D eigenvalue weighted by molar-refractivity contribution is 6.39. The lowest BCUT2D eigenvalue weighted by Crippen LogP contribution is -2.54. The molecule has 7 nitrogen and oxygen atoms in total. The van der Waals surface area contributed by atoms with Crippen LogP contribution in [0.3, 0.4) is 0 Å². The number of imide groups is 2. The summed E-state index contributed by atoms with van der Waals surface area (Å²) in [5.41, 5.74) is 2.47. The van der Waals surface area contributed by atoms with E-state index in [9.17, 15) is 14.4 Å². The van der Waals surface area contributed by atoms with E-state index in [1.165, 1.54) is 20.3 Å². The van der Waals surface area contributed by atoms with E-state index in [2.05, 4.69) is 5.32 Å². The van der Waals surface area contributed by atoms with Crippen molar-refractivity contribution in [2.75, 3.05) is 19.1 Å². The number of benzene rings is 2. The van der Waals surface area contributed by atoms with E-state index in [4.69, 9.17) is 9.47 Å². The molecule has 2 aromatic rings. The number of amides is 4.